The molecule has 2 N–H and O–H groups in total. The van der Waals surface area contributed by atoms with Gasteiger partial charge in [-0.3, -0.25) is 9.89 Å². The van der Waals surface area contributed by atoms with Gasteiger partial charge in [0, 0.05) is 45.3 Å². The highest BCUT2D eigenvalue weighted by molar-refractivity contribution is 14.0. The van der Waals surface area contributed by atoms with Gasteiger partial charge in [-0.1, -0.05) is 0 Å². The lowest BCUT2D eigenvalue weighted by atomic mass is 10.2. The average Bonchev–Trinajstić information content (AvgIpc) is 2.46. The number of hydrogen-bond donors (Lipinski definition) is 1. The Labute approximate surface area is 139 Å². The van der Waals surface area contributed by atoms with E-state index in [-0.39, 0.29) is 24.0 Å². The van der Waals surface area contributed by atoms with Crippen molar-refractivity contribution in [3.63, 3.8) is 0 Å². The van der Waals surface area contributed by atoms with Crippen LogP contribution in [0.3, 0.4) is 0 Å². The van der Waals surface area contributed by atoms with Gasteiger partial charge in [0.25, 0.3) is 0 Å². The Morgan fingerprint density at radius 3 is 2.35 bits per heavy atom. The van der Waals surface area contributed by atoms with E-state index in [0.29, 0.717) is 12.0 Å². The summed E-state index contributed by atoms with van der Waals surface area (Å²) in [4.78, 5) is 11.5. The Kier molecular flexibility index (Phi) is 8.08. The van der Waals surface area contributed by atoms with Gasteiger partial charge < -0.3 is 20.3 Å². The fourth-order valence-corrected chi connectivity index (χ4v) is 2.50. The van der Waals surface area contributed by atoms with Crippen LogP contribution >= 0.6 is 24.0 Å². The van der Waals surface area contributed by atoms with E-state index in [1.165, 1.54) is 0 Å². The van der Waals surface area contributed by atoms with E-state index >= 15 is 0 Å². The third-order valence-electron chi connectivity index (χ3n) is 4.01. The Balaban J connectivity index is 0.00000200. The second-order valence-electron chi connectivity index (χ2n) is 5.49. The predicted molar refractivity (Wildman–Crippen MR) is 92.8 cm³/mol. The molecule has 0 aliphatic carbocycles. The summed E-state index contributed by atoms with van der Waals surface area (Å²) in [5.74, 6) is 0.671. The normalized spacial score (nSPS) is 24.3. The van der Waals surface area contributed by atoms with E-state index in [1.807, 2.05) is 0 Å². The lowest BCUT2D eigenvalue weighted by Crippen LogP contribution is -2.49. The Bertz CT molecular complexity index is 301. The van der Waals surface area contributed by atoms with Crippen LogP contribution in [0.5, 0.6) is 0 Å². The molecule has 0 amide bonds. The minimum absolute atomic E-state index is 0. The average molecular weight is 397 g/mol. The quantitative estimate of drug-likeness (QED) is 0.409. The molecule has 0 saturated carbocycles. The number of ether oxygens (including phenoxy) is 1. The molecule has 0 aromatic carbocycles. The van der Waals surface area contributed by atoms with Crippen molar-refractivity contribution in [2.45, 2.75) is 13.0 Å². The third-order valence-corrected chi connectivity index (χ3v) is 4.01. The number of morpholine rings is 1. The minimum Gasteiger partial charge on any atom is -0.378 e. The lowest BCUT2D eigenvalue weighted by Gasteiger charge is -2.36. The Hall–Kier alpha value is -0.120. The molecule has 2 rings (SSSR count). The molecule has 7 heteroatoms. The Morgan fingerprint density at radius 1 is 1.15 bits per heavy atom. The lowest BCUT2D eigenvalue weighted by molar-refractivity contribution is 0.0672. The van der Waals surface area contributed by atoms with E-state index in [2.05, 4.69) is 33.7 Å². The maximum absolute atomic E-state index is 6.04. The largest absolute Gasteiger partial charge is 0.378 e. The van der Waals surface area contributed by atoms with Crippen LogP contribution in [0.25, 0.3) is 0 Å². The molecule has 0 aromatic heterocycles. The summed E-state index contributed by atoms with van der Waals surface area (Å²) in [6, 6.07) is 0.466. The molecular formula is C13H28IN5O. The number of halogens is 1. The van der Waals surface area contributed by atoms with Crippen molar-refractivity contribution in [3.05, 3.63) is 0 Å². The van der Waals surface area contributed by atoms with E-state index in [1.54, 1.807) is 0 Å². The van der Waals surface area contributed by atoms with Crippen LogP contribution in [-0.2, 0) is 4.74 Å². The van der Waals surface area contributed by atoms with Gasteiger partial charge in [0.15, 0.2) is 5.96 Å². The summed E-state index contributed by atoms with van der Waals surface area (Å²) >= 11 is 0. The van der Waals surface area contributed by atoms with Crippen molar-refractivity contribution < 1.29 is 4.74 Å². The van der Waals surface area contributed by atoms with Crippen LogP contribution in [0.2, 0.25) is 0 Å². The van der Waals surface area contributed by atoms with Crippen molar-refractivity contribution in [2.75, 3.05) is 66.1 Å². The van der Waals surface area contributed by atoms with E-state index in [0.717, 1.165) is 59.0 Å². The van der Waals surface area contributed by atoms with Crippen LogP contribution in [0.1, 0.15) is 6.92 Å². The van der Waals surface area contributed by atoms with Gasteiger partial charge in [-0.15, -0.1) is 24.0 Å². The molecule has 0 bridgehead atoms. The molecule has 2 aliphatic heterocycles. The van der Waals surface area contributed by atoms with Crippen LogP contribution in [-0.4, -0.2) is 92.8 Å². The van der Waals surface area contributed by atoms with Crippen molar-refractivity contribution >= 4 is 29.9 Å². The molecule has 0 aromatic rings. The zero-order chi connectivity index (χ0) is 13.7. The standard InChI is InChI=1S/C13H27N5O.HI/c1-12(17-5-3-16(2)4-6-17)11-15-13(14)18-7-9-19-10-8-18;/h12H,3-11H2,1-2H3,(H2,14,15);1H. The maximum Gasteiger partial charge on any atom is 0.191 e. The first kappa shape index (κ1) is 17.9. The molecule has 2 fully saturated rings. The second-order valence-corrected chi connectivity index (χ2v) is 5.49. The van der Waals surface area contributed by atoms with E-state index in [9.17, 15) is 0 Å². The molecule has 0 spiro atoms. The highest BCUT2D eigenvalue weighted by Gasteiger charge is 2.19. The van der Waals surface area contributed by atoms with Gasteiger partial charge in [-0.25, -0.2) is 0 Å². The third kappa shape index (κ3) is 5.34. The highest BCUT2D eigenvalue weighted by Crippen LogP contribution is 2.05. The van der Waals surface area contributed by atoms with Crippen LogP contribution in [0.15, 0.2) is 4.99 Å². The number of likely N-dealkylation sites (N-methyl/N-ethyl adjacent to an activating group) is 1. The summed E-state index contributed by atoms with van der Waals surface area (Å²) in [7, 11) is 2.18. The highest BCUT2D eigenvalue weighted by atomic mass is 127. The van der Waals surface area contributed by atoms with Crippen LogP contribution in [0.4, 0.5) is 0 Å². The second kappa shape index (κ2) is 9.01. The van der Waals surface area contributed by atoms with Gasteiger partial charge in [0.2, 0.25) is 0 Å². The number of guanidine groups is 1. The molecule has 1 unspecified atom stereocenters. The molecule has 20 heavy (non-hydrogen) atoms. The SMILES string of the molecule is CC(CN=C(N)N1CCOCC1)N1CCN(C)CC1.I. The van der Waals surface area contributed by atoms with Gasteiger partial charge >= 0.3 is 0 Å². The van der Waals surface area contributed by atoms with Crippen molar-refractivity contribution in [2.24, 2.45) is 10.7 Å². The molecular weight excluding hydrogens is 369 g/mol. The minimum atomic E-state index is 0. The molecule has 2 heterocycles. The number of hydrogen-bond acceptors (Lipinski definition) is 4. The summed E-state index contributed by atoms with van der Waals surface area (Å²) in [5, 5.41) is 0. The first-order valence-electron chi connectivity index (χ1n) is 7.22. The van der Waals surface area contributed by atoms with Crippen molar-refractivity contribution in [1.82, 2.24) is 14.7 Å². The summed E-state index contributed by atoms with van der Waals surface area (Å²) < 4.78 is 5.32. The summed E-state index contributed by atoms with van der Waals surface area (Å²) in [5.41, 5.74) is 6.04. The van der Waals surface area contributed by atoms with Gasteiger partial charge in [0.1, 0.15) is 0 Å². The maximum atomic E-state index is 6.04. The first-order valence-corrected chi connectivity index (χ1v) is 7.22. The topological polar surface area (TPSA) is 57.3 Å². The monoisotopic (exact) mass is 397 g/mol. The number of nitrogens with two attached hydrogens (primary N) is 1. The van der Waals surface area contributed by atoms with E-state index < -0.39 is 0 Å². The smallest absolute Gasteiger partial charge is 0.191 e. The Morgan fingerprint density at radius 2 is 1.75 bits per heavy atom. The molecule has 6 nitrogen and oxygen atoms in total. The van der Waals surface area contributed by atoms with Gasteiger partial charge in [0.05, 0.1) is 19.8 Å². The number of rotatable bonds is 3. The van der Waals surface area contributed by atoms with Crippen molar-refractivity contribution in [3.8, 4) is 0 Å². The summed E-state index contributed by atoms with van der Waals surface area (Å²) in [6.07, 6.45) is 0. The van der Waals surface area contributed by atoms with Crippen LogP contribution in [0, 0.1) is 0 Å². The zero-order valence-corrected chi connectivity index (χ0v) is 15.0. The predicted octanol–water partition coefficient (Wildman–Crippen LogP) is -0.113. The van der Waals surface area contributed by atoms with Crippen LogP contribution < -0.4 is 5.73 Å². The van der Waals surface area contributed by atoms with E-state index in [4.69, 9.17) is 10.5 Å². The number of aliphatic imine (C=N–C) groups is 1. The zero-order valence-electron chi connectivity index (χ0n) is 12.6. The fraction of sp³-hybridized carbons (Fsp3) is 0.923. The van der Waals surface area contributed by atoms with Gasteiger partial charge in [-0.05, 0) is 14.0 Å². The molecule has 1 atom stereocenters. The fourth-order valence-electron chi connectivity index (χ4n) is 2.50. The van der Waals surface area contributed by atoms with Gasteiger partial charge in [-0.2, -0.15) is 0 Å². The molecule has 2 saturated heterocycles. The van der Waals surface area contributed by atoms with Crippen molar-refractivity contribution in [1.29, 1.82) is 0 Å². The molecule has 0 radical (unpaired) electrons. The molecule has 2 aliphatic rings. The number of piperazine rings is 1. The molecule has 118 valence electrons. The first-order chi connectivity index (χ1) is 9.16. The summed E-state index contributed by atoms with van der Waals surface area (Å²) in [6.45, 7) is 10.8. The number of nitrogens with zero attached hydrogens (tertiary/aromatic N) is 4.